The molecule has 2 saturated carbocycles. The molecule has 0 saturated heterocycles. The lowest BCUT2D eigenvalue weighted by molar-refractivity contribution is -0.133. The Morgan fingerprint density at radius 2 is 2.05 bits per heavy atom. The van der Waals surface area contributed by atoms with Gasteiger partial charge in [0.15, 0.2) is 0 Å². The quantitative estimate of drug-likeness (QED) is 0.730. The number of benzene rings is 1. The Balaban J connectivity index is 1.78. The Hall–Kier alpha value is -1.31. The minimum absolute atomic E-state index is 0.0642. The summed E-state index contributed by atoms with van der Waals surface area (Å²) in [6.07, 6.45) is 4.52. The van der Waals surface area contributed by atoms with Crippen molar-refractivity contribution in [2.24, 2.45) is 29.1 Å². The molecule has 5 unspecified atom stereocenters. The third-order valence-corrected chi connectivity index (χ3v) is 7.05. The summed E-state index contributed by atoms with van der Waals surface area (Å²) in [5.74, 6) is 3.27. The molecule has 3 aliphatic rings. The first-order valence-corrected chi connectivity index (χ1v) is 8.84. The Bertz CT molecular complexity index is 637. The van der Waals surface area contributed by atoms with Crippen molar-refractivity contribution >= 4 is 11.5 Å². The molecule has 2 fully saturated rings. The van der Waals surface area contributed by atoms with E-state index in [-0.39, 0.29) is 11.3 Å². The van der Waals surface area contributed by atoms with Crippen LogP contribution in [0.1, 0.15) is 57.1 Å². The molecule has 0 aliphatic heterocycles. The van der Waals surface area contributed by atoms with E-state index in [2.05, 4.69) is 39.0 Å². The highest BCUT2D eigenvalue weighted by atomic mass is 16.1. The minimum atomic E-state index is -0.0642. The van der Waals surface area contributed by atoms with E-state index < -0.39 is 0 Å². The Morgan fingerprint density at radius 1 is 1.27 bits per heavy atom. The maximum absolute atomic E-state index is 12.8. The van der Waals surface area contributed by atoms with Crippen LogP contribution in [-0.2, 0) is 11.2 Å². The zero-order valence-corrected chi connectivity index (χ0v) is 13.9. The first kappa shape index (κ1) is 14.3. The van der Waals surface area contributed by atoms with E-state index in [9.17, 15) is 4.79 Å². The highest BCUT2D eigenvalue weighted by molar-refractivity contribution is 5.89. The van der Waals surface area contributed by atoms with Crippen molar-refractivity contribution in [3.8, 4) is 0 Å². The first-order chi connectivity index (χ1) is 10.4. The van der Waals surface area contributed by atoms with E-state index in [0.717, 1.165) is 24.9 Å². The molecule has 2 N–H and O–H groups in total. The third kappa shape index (κ3) is 1.76. The van der Waals surface area contributed by atoms with Gasteiger partial charge in [0.05, 0.1) is 0 Å². The number of nitrogen functional groups attached to an aromatic ring is 1. The Labute approximate surface area is 133 Å². The zero-order chi connectivity index (χ0) is 15.6. The molecule has 0 spiro atoms. The van der Waals surface area contributed by atoms with Crippen LogP contribution in [0.5, 0.6) is 0 Å². The number of Topliss-reactive ketones (excluding diaryl/α,β-unsaturated/α-hetero) is 1. The molecule has 2 nitrogen and oxygen atoms in total. The monoisotopic (exact) mass is 297 g/mol. The highest BCUT2D eigenvalue weighted by Crippen LogP contribution is 2.62. The van der Waals surface area contributed by atoms with Gasteiger partial charge in [0.25, 0.3) is 0 Å². The van der Waals surface area contributed by atoms with Gasteiger partial charge in [-0.15, -0.1) is 0 Å². The van der Waals surface area contributed by atoms with Crippen molar-refractivity contribution < 1.29 is 4.79 Å². The highest BCUT2D eigenvalue weighted by Gasteiger charge is 2.58. The standard InChI is InChI=1S/C20H27NO/c1-11-8-17-16-6-4-13-9-14(21)5-7-15(13)18(16)12(2)10-20(17,3)19(11)22/h5,7,9,11-12,16-18H,4,6,8,10,21H2,1-3H3/t11?,12?,16?,17?,18?,20-/m0/s1. The number of nitrogens with two attached hydrogens (primary N) is 1. The van der Waals surface area contributed by atoms with Crippen LogP contribution >= 0.6 is 0 Å². The van der Waals surface area contributed by atoms with Crippen LogP contribution in [0.3, 0.4) is 0 Å². The summed E-state index contributed by atoms with van der Waals surface area (Å²) in [5.41, 5.74) is 9.78. The van der Waals surface area contributed by atoms with Crippen molar-refractivity contribution in [1.29, 1.82) is 0 Å². The molecule has 118 valence electrons. The van der Waals surface area contributed by atoms with Crippen LogP contribution < -0.4 is 5.73 Å². The Kier molecular flexibility index (Phi) is 2.99. The van der Waals surface area contributed by atoms with Gasteiger partial charge in [-0.3, -0.25) is 4.79 Å². The van der Waals surface area contributed by atoms with Crippen LogP contribution in [0.25, 0.3) is 0 Å². The van der Waals surface area contributed by atoms with Crippen molar-refractivity contribution in [2.75, 3.05) is 5.73 Å². The van der Waals surface area contributed by atoms with Crippen LogP contribution in [-0.4, -0.2) is 5.78 Å². The number of hydrogen-bond acceptors (Lipinski definition) is 2. The number of aryl methyl sites for hydroxylation is 1. The summed E-state index contributed by atoms with van der Waals surface area (Å²) in [6.45, 7) is 6.76. The fourth-order valence-corrected chi connectivity index (χ4v) is 6.27. The van der Waals surface area contributed by atoms with Crippen molar-refractivity contribution in [2.45, 2.75) is 52.4 Å². The molecule has 0 aromatic heterocycles. The Morgan fingerprint density at radius 3 is 2.82 bits per heavy atom. The fourth-order valence-electron chi connectivity index (χ4n) is 6.27. The summed E-state index contributed by atoms with van der Waals surface area (Å²) in [4.78, 5) is 12.8. The number of ketones is 1. The van der Waals surface area contributed by atoms with E-state index in [1.165, 1.54) is 17.5 Å². The summed E-state index contributed by atoms with van der Waals surface area (Å²) < 4.78 is 0. The molecule has 0 bridgehead atoms. The van der Waals surface area contributed by atoms with Gasteiger partial charge in [0.2, 0.25) is 0 Å². The van der Waals surface area contributed by atoms with Gasteiger partial charge in [-0.05, 0) is 72.6 Å². The second-order valence-corrected chi connectivity index (χ2v) is 8.39. The second kappa shape index (κ2) is 4.59. The van der Waals surface area contributed by atoms with E-state index in [1.54, 1.807) is 0 Å². The predicted octanol–water partition coefficient (Wildman–Crippen LogP) is 4.19. The SMILES string of the molecule is CC1CC2C3CCc4cc(N)ccc4C3C(C)C[C@]2(C)C1=O. The first-order valence-electron chi connectivity index (χ1n) is 8.84. The average molecular weight is 297 g/mol. The molecule has 1 aromatic carbocycles. The average Bonchev–Trinajstić information content (AvgIpc) is 2.70. The summed E-state index contributed by atoms with van der Waals surface area (Å²) in [6, 6.07) is 6.50. The van der Waals surface area contributed by atoms with E-state index >= 15 is 0 Å². The zero-order valence-electron chi connectivity index (χ0n) is 13.9. The van der Waals surface area contributed by atoms with E-state index in [1.807, 2.05) is 0 Å². The molecular formula is C20H27NO. The van der Waals surface area contributed by atoms with Crippen molar-refractivity contribution in [1.82, 2.24) is 0 Å². The summed E-state index contributed by atoms with van der Waals surface area (Å²) in [5, 5.41) is 0. The molecule has 4 rings (SSSR count). The molecule has 1 aromatic rings. The smallest absolute Gasteiger partial charge is 0.141 e. The topological polar surface area (TPSA) is 43.1 Å². The van der Waals surface area contributed by atoms with Gasteiger partial charge < -0.3 is 5.73 Å². The lowest BCUT2D eigenvalue weighted by Crippen LogP contribution is -2.46. The number of carbonyl (C=O) groups excluding carboxylic acids is 1. The van der Waals surface area contributed by atoms with Gasteiger partial charge in [0, 0.05) is 17.0 Å². The van der Waals surface area contributed by atoms with E-state index in [4.69, 9.17) is 5.73 Å². The van der Waals surface area contributed by atoms with Crippen LogP contribution in [0.4, 0.5) is 5.69 Å². The number of carbonyl (C=O) groups is 1. The molecule has 3 aliphatic carbocycles. The predicted molar refractivity (Wildman–Crippen MR) is 89.6 cm³/mol. The molecule has 22 heavy (non-hydrogen) atoms. The maximum Gasteiger partial charge on any atom is 0.141 e. The summed E-state index contributed by atoms with van der Waals surface area (Å²) in [7, 11) is 0. The molecule has 6 atom stereocenters. The number of rotatable bonds is 0. The normalized spacial score (nSPS) is 43.4. The fraction of sp³-hybridized carbons (Fsp3) is 0.650. The van der Waals surface area contributed by atoms with Crippen LogP contribution in [0.2, 0.25) is 0 Å². The lowest BCUT2D eigenvalue weighted by atomic mass is 9.52. The largest absolute Gasteiger partial charge is 0.399 e. The van der Waals surface area contributed by atoms with Crippen LogP contribution in [0.15, 0.2) is 18.2 Å². The molecular weight excluding hydrogens is 270 g/mol. The molecule has 0 heterocycles. The lowest BCUT2D eigenvalue weighted by Gasteiger charge is -2.51. The number of anilines is 1. The minimum Gasteiger partial charge on any atom is -0.399 e. The van der Waals surface area contributed by atoms with Gasteiger partial charge in [0.1, 0.15) is 5.78 Å². The third-order valence-electron chi connectivity index (χ3n) is 7.05. The van der Waals surface area contributed by atoms with Crippen molar-refractivity contribution in [3.05, 3.63) is 29.3 Å². The van der Waals surface area contributed by atoms with Gasteiger partial charge in [-0.2, -0.15) is 0 Å². The van der Waals surface area contributed by atoms with Crippen molar-refractivity contribution in [3.63, 3.8) is 0 Å². The molecule has 0 radical (unpaired) electrons. The molecule has 2 heteroatoms. The second-order valence-electron chi connectivity index (χ2n) is 8.39. The van der Waals surface area contributed by atoms with Gasteiger partial charge in [-0.1, -0.05) is 26.8 Å². The summed E-state index contributed by atoms with van der Waals surface area (Å²) >= 11 is 0. The van der Waals surface area contributed by atoms with Crippen LogP contribution in [0, 0.1) is 29.1 Å². The number of hydrogen-bond donors (Lipinski definition) is 1. The molecule has 0 amide bonds. The van der Waals surface area contributed by atoms with E-state index in [0.29, 0.717) is 29.5 Å². The van der Waals surface area contributed by atoms with Gasteiger partial charge >= 0.3 is 0 Å². The van der Waals surface area contributed by atoms with Gasteiger partial charge in [-0.25, -0.2) is 0 Å². The maximum atomic E-state index is 12.8. The number of fused-ring (bicyclic) bond motifs is 5.